The summed E-state index contributed by atoms with van der Waals surface area (Å²) < 4.78 is 17.3. The molecule has 5 rings (SSSR count). The normalized spacial score (nSPS) is 23.7. The number of primary amides is 1. The summed E-state index contributed by atoms with van der Waals surface area (Å²) in [6.45, 7) is 0. The van der Waals surface area contributed by atoms with Crippen LogP contribution in [0.1, 0.15) is 63.4 Å². The summed E-state index contributed by atoms with van der Waals surface area (Å²) in [5, 5.41) is 4.50. The lowest BCUT2D eigenvalue weighted by atomic mass is 9.78. The molecule has 36 heavy (non-hydrogen) atoms. The maximum absolute atomic E-state index is 12.4. The van der Waals surface area contributed by atoms with Crippen LogP contribution in [0.4, 0.5) is 10.5 Å². The van der Waals surface area contributed by atoms with E-state index in [9.17, 15) is 4.79 Å². The van der Waals surface area contributed by atoms with Crippen molar-refractivity contribution in [2.45, 2.75) is 75.5 Å². The van der Waals surface area contributed by atoms with E-state index in [0.29, 0.717) is 11.4 Å². The van der Waals surface area contributed by atoms with Crippen LogP contribution in [0, 0.1) is 0 Å². The number of rotatable bonds is 7. The Kier molecular flexibility index (Phi) is 6.94. The number of urea groups is 1. The predicted octanol–water partition coefficient (Wildman–Crippen LogP) is 5.42. The van der Waals surface area contributed by atoms with Crippen molar-refractivity contribution in [3.05, 3.63) is 48.0 Å². The largest absolute Gasteiger partial charge is 0.495 e. The average Bonchev–Trinajstić information content (AvgIpc) is 3.56. The minimum absolute atomic E-state index is 0.0236. The third-order valence-corrected chi connectivity index (χ3v) is 7.75. The van der Waals surface area contributed by atoms with Gasteiger partial charge in [0.15, 0.2) is 11.5 Å². The lowest BCUT2D eigenvalue weighted by Crippen LogP contribution is -2.48. The molecule has 1 spiro atoms. The number of benzene rings is 2. The van der Waals surface area contributed by atoms with E-state index in [1.54, 1.807) is 19.1 Å². The van der Waals surface area contributed by atoms with E-state index in [4.69, 9.17) is 24.8 Å². The van der Waals surface area contributed by atoms with Gasteiger partial charge in [0.1, 0.15) is 11.4 Å². The highest BCUT2D eigenvalue weighted by molar-refractivity contribution is 6.02. The molecule has 0 aromatic heterocycles. The van der Waals surface area contributed by atoms with Crippen LogP contribution in [-0.2, 0) is 4.84 Å². The van der Waals surface area contributed by atoms with Gasteiger partial charge in [-0.2, -0.15) is 0 Å². The summed E-state index contributed by atoms with van der Waals surface area (Å²) in [5.74, 6) is 2.14. The molecule has 2 N–H and O–H groups in total. The molecule has 2 saturated carbocycles. The number of hydrogen-bond acceptors (Lipinski definition) is 6. The molecule has 192 valence electrons. The highest BCUT2D eigenvalue weighted by Crippen LogP contribution is 2.43. The van der Waals surface area contributed by atoms with Crippen LogP contribution < -0.4 is 24.8 Å². The van der Waals surface area contributed by atoms with Crippen LogP contribution in [-0.4, -0.2) is 43.7 Å². The summed E-state index contributed by atoms with van der Waals surface area (Å²) in [6.07, 6.45) is 8.65. The van der Waals surface area contributed by atoms with Gasteiger partial charge in [-0.05, 0) is 81.7 Å². The molecule has 2 aromatic carbocycles. The zero-order valence-electron chi connectivity index (χ0n) is 21.1. The van der Waals surface area contributed by atoms with Gasteiger partial charge in [0.05, 0.1) is 31.7 Å². The number of ether oxygens (including phenoxy) is 3. The van der Waals surface area contributed by atoms with Gasteiger partial charge in [-0.3, -0.25) is 4.90 Å². The van der Waals surface area contributed by atoms with Gasteiger partial charge in [0.25, 0.3) is 0 Å². The first kappa shape index (κ1) is 24.3. The Labute approximate surface area is 212 Å². The molecule has 0 saturated heterocycles. The van der Waals surface area contributed by atoms with Crippen molar-refractivity contribution in [2.75, 3.05) is 19.1 Å². The lowest BCUT2D eigenvalue weighted by Gasteiger charge is -2.39. The number of carbonyl (C=O) groups is 1. The third-order valence-electron chi connectivity index (χ3n) is 7.75. The first-order chi connectivity index (χ1) is 17.5. The number of oxime groups is 1. The van der Waals surface area contributed by atoms with Crippen molar-refractivity contribution in [3.63, 3.8) is 0 Å². The van der Waals surface area contributed by atoms with Gasteiger partial charge < -0.3 is 24.8 Å². The molecule has 0 radical (unpaired) electrons. The highest BCUT2D eigenvalue weighted by Gasteiger charge is 2.44. The smallest absolute Gasteiger partial charge is 0.319 e. The molecule has 0 bridgehead atoms. The Morgan fingerprint density at radius 3 is 2.42 bits per heavy atom. The van der Waals surface area contributed by atoms with Crippen molar-refractivity contribution >= 4 is 17.4 Å². The number of methoxy groups -OCH3 is 2. The molecule has 8 nitrogen and oxygen atoms in total. The molecule has 2 amide bonds. The van der Waals surface area contributed by atoms with Crippen LogP contribution in [0.2, 0.25) is 0 Å². The predicted molar refractivity (Wildman–Crippen MR) is 138 cm³/mol. The zero-order valence-corrected chi connectivity index (χ0v) is 21.1. The number of anilines is 1. The number of hydrogen-bond donors (Lipinski definition) is 1. The zero-order chi connectivity index (χ0) is 25.1. The first-order valence-electron chi connectivity index (χ1n) is 12.8. The van der Waals surface area contributed by atoms with Gasteiger partial charge in [0.2, 0.25) is 0 Å². The fourth-order valence-corrected chi connectivity index (χ4v) is 5.79. The van der Waals surface area contributed by atoms with Crippen LogP contribution in [0.5, 0.6) is 17.2 Å². The van der Waals surface area contributed by atoms with Crippen molar-refractivity contribution in [1.29, 1.82) is 0 Å². The van der Waals surface area contributed by atoms with E-state index in [-0.39, 0.29) is 17.7 Å². The molecule has 0 atom stereocenters. The molecule has 3 aliphatic rings. The SMILES string of the molecule is COc1ccc(C2=NOC3(CCC(N(C(N)=O)c4ccccc4OC)CC3)C2)cc1OC1CCCC1. The first-order valence-corrected chi connectivity index (χ1v) is 12.8. The summed E-state index contributed by atoms with van der Waals surface area (Å²) in [5.41, 5.74) is 8.07. The minimum atomic E-state index is -0.474. The Morgan fingerprint density at radius 1 is 1.00 bits per heavy atom. The Bertz CT molecular complexity index is 1120. The van der Waals surface area contributed by atoms with E-state index in [1.807, 2.05) is 42.5 Å². The summed E-state index contributed by atoms with van der Waals surface area (Å²) in [4.78, 5) is 20.2. The topological polar surface area (TPSA) is 95.6 Å². The number of nitrogens with zero attached hydrogens (tertiary/aromatic N) is 2. The lowest BCUT2D eigenvalue weighted by molar-refractivity contribution is -0.0478. The second-order valence-corrected chi connectivity index (χ2v) is 9.99. The molecular formula is C28H35N3O5. The fourth-order valence-electron chi connectivity index (χ4n) is 5.79. The maximum atomic E-state index is 12.4. The van der Waals surface area contributed by atoms with E-state index in [1.165, 1.54) is 12.8 Å². The maximum Gasteiger partial charge on any atom is 0.319 e. The molecule has 1 heterocycles. The van der Waals surface area contributed by atoms with Crippen molar-refractivity contribution in [3.8, 4) is 17.2 Å². The molecule has 0 unspecified atom stereocenters. The number of nitrogens with two attached hydrogens (primary N) is 1. The van der Waals surface area contributed by atoms with Gasteiger partial charge in [-0.25, -0.2) is 4.79 Å². The second-order valence-electron chi connectivity index (χ2n) is 9.99. The van der Waals surface area contributed by atoms with Gasteiger partial charge in [-0.1, -0.05) is 17.3 Å². The van der Waals surface area contributed by atoms with Crippen molar-refractivity contribution < 1.29 is 23.8 Å². The van der Waals surface area contributed by atoms with E-state index < -0.39 is 6.03 Å². The number of amides is 2. The van der Waals surface area contributed by atoms with Crippen molar-refractivity contribution in [1.82, 2.24) is 0 Å². The Hall–Kier alpha value is -3.42. The molecular weight excluding hydrogens is 458 g/mol. The van der Waals surface area contributed by atoms with Crippen LogP contribution >= 0.6 is 0 Å². The quantitative estimate of drug-likeness (QED) is 0.556. The molecule has 2 fully saturated rings. The molecule has 1 aliphatic heterocycles. The fraction of sp³-hybridized carbons (Fsp3) is 0.500. The molecule has 2 aromatic rings. The average molecular weight is 494 g/mol. The minimum Gasteiger partial charge on any atom is -0.495 e. The summed E-state index contributed by atoms with van der Waals surface area (Å²) >= 11 is 0. The molecule has 8 heteroatoms. The van der Waals surface area contributed by atoms with Gasteiger partial charge in [0, 0.05) is 18.0 Å². The molecule has 2 aliphatic carbocycles. The summed E-state index contributed by atoms with van der Waals surface area (Å²) in [6, 6.07) is 13.0. The van der Waals surface area contributed by atoms with Crippen LogP contribution in [0.3, 0.4) is 0 Å². The third kappa shape index (κ3) is 4.81. The standard InChI is InChI=1S/C28H35N3O5/c1-33-24-10-6-5-9-23(24)31(27(29)32)20-13-15-28(16-14-20)18-22(30-36-28)19-11-12-25(34-2)26(17-19)35-21-7-3-4-8-21/h5-6,9-12,17,20-21H,3-4,7-8,13-16,18H2,1-2H3,(H2,29,32). The van der Waals surface area contributed by atoms with Crippen molar-refractivity contribution in [2.24, 2.45) is 10.9 Å². The van der Waals surface area contributed by atoms with Gasteiger partial charge in [-0.15, -0.1) is 0 Å². The monoisotopic (exact) mass is 493 g/mol. The number of para-hydroxylation sites is 2. The second kappa shape index (κ2) is 10.3. The van der Waals surface area contributed by atoms with Crippen LogP contribution in [0.25, 0.3) is 0 Å². The van der Waals surface area contributed by atoms with E-state index in [2.05, 4.69) is 5.16 Å². The Morgan fingerprint density at radius 2 is 1.72 bits per heavy atom. The summed E-state index contributed by atoms with van der Waals surface area (Å²) in [7, 11) is 3.27. The Balaban J connectivity index is 1.27. The van der Waals surface area contributed by atoms with Crippen LogP contribution in [0.15, 0.2) is 47.6 Å². The number of carbonyl (C=O) groups excluding carboxylic acids is 1. The van der Waals surface area contributed by atoms with E-state index in [0.717, 1.165) is 67.7 Å². The van der Waals surface area contributed by atoms with Gasteiger partial charge >= 0.3 is 6.03 Å². The highest BCUT2D eigenvalue weighted by atomic mass is 16.7. The van der Waals surface area contributed by atoms with E-state index >= 15 is 0 Å².